The van der Waals surface area contributed by atoms with Crippen molar-refractivity contribution in [3.63, 3.8) is 0 Å². The molecule has 1 aromatic carbocycles. The molecule has 4 nitrogen and oxygen atoms in total. The molecule has 0 saturated heterocycles. The number of hydrogen-bond acceptors (Lipinski definition) is 3. The number of ether oxygens (including phenoxy) is 1. The van der Waals surface area contributed by atoms with E-state index in [1.54, 1.807) is 6.92 Å². The molecule has 26 heavy (non-hydrogen) atoms. The van der Waals surface area contributed by atoms with Gasteiger partial charge in [0, 0.05) is 17.8 Å². The number of nitrogens with one attached hydrogen (secondary N) is 1. The van der Waals surface area contributed by atoms with E-state index in [1.165, 1.54) is 19.3 Å². The number of carbonyl (C=O) groups excluding carboxylic acids is 1. The average molecular weight is 373 g/mol. The van der Waals surface area contributed by atoms with Gasteiger partial charge < -0.3 is 15.0 Å². The number of benzene rings is 1. The second-order valence-electron chi connectivity index (χ2n) is 7.13. The molecule has 1 heterocycles. The summed E-state index contributed by atoms with van der Waals surface area (Å²) >= 11 is 5.50. The molecular formula is C21H28N2O2S. The molecule has 140 valence electrons. The van der Waals surface area contributed by atoms with Crippen LogP contribution in [-0.4, -0.2) is 28.4 Å². The molecule has 0 spiro atoms. The number of nitrogens with zero attached hydrogens (tertiary/aromatic N) is 1. The Hall–Kier alpha value is -1.88. The minimum absolute atomic E-state index is 0.0727. The number of ketones is 1. The molecular weight excluding hydrogens is 344 g/mol. The quantitative estimate of drug-likeness (QED) is 0.770. The molecule has 5 heteroatoms. The van der Waals surface area contributed by atoms with Crippen molar-refractivity contribution in [2.75, 3.05) is 6.54 Å². The van der Waals surface area contributed by atoms with E-state index in [4.69, 9.17) is 17.0 Å². The van der Waals surface area contributed by atoms with Crippen LogP contribution in [0.3, 0.4) is 0 Å². The first-order valence-corrected chi connectivity index (χ1v) is 9.98. The lowest BCUT2D eigenvalue weighted by Gasteiger charge is -2.37. The van der Waals surface area contributed by atoms with E-state index in [1.807, 2.05) is 43.0 Å². The summed E-state index contributed by atoms with van der Waals surface area (Å²) in [4.78, 5) is 14.3. The number of carbonyl (C=O) groups is 1. The highest BCUT2D eigenvalue weighted by Crippen LogP contribution is 2.32. The van der Waals surface area contributed by atoms with Crippen LogP contribution in [0.2, 0.25) is 0 Å². The van der Waals surface area contributed by atoms with Crippen molar-refractivity contribution in [1.29, 1.82) is 0 Å². The molecule has 2 aliphatic rings. The van der Waals surface area contributed by atoms with Gasteiger partial charge in [0.2, 0.25) is 0 Å². The number of hydrogen-bond donors (Lipinski definition) is 1. The van der Waals surface area contributed by atoms with Crippen LogP contribution in [0.5, 0.6) is 5.75 Å². The number of thiocarbonyl (C=S) groups is 1. The van der Waals surface area contributed by atoms with Gasteiger partial charge in [-0.15, -0.1) is 0 Å². The van der Waals surface area contributed by atoms with Crippen LogP contribution in [0.25, 0.3) is 0 Å². The second-order valence-corrected chi connectivity index (χ2v) is 7.52. The lowest BCUT2D eigenvalue weighted by atomic mass is 9.92. The SMILES string of the molecule is CCN1C(=S)NC(c2ccc(OC3CCCCC3)cc2)C(C(C)=O)=C1C. The van der Waals surface area contributed by atoms with Crippen LogP contribution < -0.4 is 10.1 Å². The molecule has 3 rings (SSSR count). The molecule has 0 radical (unpaired) electrons. The van der Waals surface area contributed by atoms with Crippen LogP contribution in [0.4, 0.5) is 0 Å². The van der Waals surface area contributed by atoms with Crippen molar-refractivity contribution in [1.82, 2.24) is 10.2 Å². The molecule has 1 aromatic rings. The molecule has 1 unspecified atom stereocenters. The van der Waals surface area contributed by atoms with Crippen molar-refractivity contribution in [3.05, 3.63) is 41.1 Å². The van der Waals surface area contributed by atoms with Crippen LogP contribution in [0.15, 0.2) is 35.5 Å². The molecule has 0 bridgehead atoms. The Bertz CT molecular complexity index is 705. The summed E-state index contributed by atoms with van der Waals surface area (Å²) < 4.78 is 6.12. The highest BCUT2D eigenvalue weighted by atomic mass is 32.1. The van der Waals surface area contributed by atoms with E-state index in [0.29, 0.717) is 11.2 Å². The van der Waals surface area contributed by atoms with E-state index in [0.717, 1.165) is 42.0 Å². The van der Waals surface area contributed by atoms with Gasteiger partial charge in [0.05, 0.1) is 12.1 Å². The summed E-state index contributed by atoms with van der Waals surface area (Å²) in [6.07, 6.45) is 6.45. The molecule has 1 fully saturated rings. The highest BCUT2D eigenvalue weighted by molar-refractivity contribution is 7.80. The van der Waals surface area contributed by atoms with Gasteiger partial charge in [-0.05, 0) is 76.4 Å². The number of rotatable bonds is 5. The Morgan fingerprint density at radius 1 is 1.23 bits per heavy atom. The summed E-state index contributed by atoms with van der Waals surface area (Å²) in [5, 5.41) is 4.00. The zero-order valence-corrected chi connectivity index (χ0v) is 16.7. The summed E-state index contributed by atoms with van der Waals surface area (Å²) in [6, 6.07) is 7.89. The maximum absolute atomic E-state index is 12.3. The summed E-state index contributed by atoms with van der Waals surface area (Å²) in [5.74, 6) is 0.975. The van der Waals surface area contributed by atoms with Gasteiger partial charge >= 0.3 is 0 Å². The zero-order chi connectivity index (χ0) is 18.7. The Morgan fingerprint density at radius 3 is 2.46 bits per heavy atom. The maximum atomic E-state index is 12.3. The fourth-order valence-electron chi connectivity index (χ4n) is 3.98. The molecule has 1 aliphatic carbocycles. The normalized spacial score (nSPS) is 21.6. The topological polar surface area (TPSA) is 41.6 Å². The third kappa shape index (κ3) is 3.93. The highest BCUT2D eigenvalue weighted by Gasteiger charge is 2.31. The van der Waals surface area contributed by atoms with Crippen molar-refractivity contribution in [3.8, 4) is 5.75 Å². The zero-order valence-electron chi connectivity index (χ0n) is 15.9. The predicted octanol–water partition coefficient (Wildman–Crippen LogP) is 4.51. The first kappa shape index (κ1) is 18.9. The lowest BCUT2D eigenvalue weighted by molar-refractivity contribution is -0.114. The number of Topliss-reactive ketones (excluding diaryl/α,β-unsaturated/α-hetero) is 1. The van der Waals surface area contributed by atoms with Crippen LogP contribution in [0.1, 0.15) is 64.5 Å². The van der Waals surface area contributed by atoms with Gasteiger partial charge in [0.15, 0.2) is 10.9 Å². The van der Waals surface area contributed by atoms with E-state index >= 15 is 0 Å². The van der Waals surface area contributed by atoms with E-state index in [9.17, 15) is 4.79 Å². The van der Waals surface area contributed by atoms with E-state index in [2.05, 4.69) is 5.32 Å². The van der Waals surface area contributed by atoms with E-state index < -0.39 is 0 Å². The van der Waals surface area contributed by atoms with Crippen molar-refractivity contribution < 1.29 is 9.53 Å². The van der Waals surface area contributed by atoms with Gasteiger partial charge in [-0.25, -0.2) is 0 Å². The van der Waals surface area contributed by atoms with Crippen molar-refractivity contribution in [2.24, 2.45) is 0 Å². The molecule has 0 amide bonds. The minimum atomic E-state index is -0.202. The Balaban J connectivity index is 1.81. The fourth-order valence-corrected chi connectivity index (χ4v) is 4.37. The van der Waals surface area contributed by atoms with Gasteiger partial charge in [-0.1, -0.05) is 18.6 Å². The predicted molar refractivity (Wildman–Crippen MR) is 108 cm³/mol. The van der Waals surface area contributed by atoms with Crippen molar-refractivity contribution >= 4 is 23.1 Å². The Kier molecular flexibility index (Phi) is 5.97. The smallest absolute Gasteiger partial charge is 0.173 e. The van der Waals surface area contributed by atoms with Crippen LogP contribution in [-0.2, 0) is 4.79 Å². The standard InChI is InChI=1S/C21H28N2O2S/c1-4-23-14(2)19(15(3)24)20(22-21(23)26)16-10-12-18(13-11-16)25-17-8-6-5-7-9-17/h10-13,17,20H,4-9H2,1-3H3,(H,22,26). The molecule has 1 N–H and O–H groups in total. The fraction of sp³-hybridized carbons (Fsp3) is 0.524. The first-order chi connectivity index (χ1) is 12.5. The Labute approximate surface area is 161 Å². The minimum Gasteiger partial charge on any atom is -0.490 e. The van der Waals surface area contributed by atoms with Gasteiger partial charge in [0.1, 0.15) is 5.75 Å². The Morgan fingerprint density at radius 2 is 1.88 bits per heavy atom. The van der Waals surface area contributed by atoms with Gasteiger partial charge in [-0.3, -0.25) is 4.79 Å². The second kappa shape index (κ2) is 8.21. The number of allylic oxidation sites excluding steroid dienone is 1. The van der Waals surface area contributed by atoms with Gasteiger partial charge in [0.25, 0.3) is 0 Å². The summed E-state index contributed by atoms with van der Waals surface area (Å²) in [5.41, 5.74) is 2.75. The molecule has 1 saturated carbocycles. The average Bonchev–Trinajstić information content (AvgIpc) is 2.62. The largest absolute Gasteiger partial charge is 0.490 e. The third-order valence-electron chi connectivity index (χ3n) is 5.36. The van der Waals surface area contributed by atoms with Crippen LogP contribution in [0, 0.1) is 0 Å². The van der Waals surface area contributed by atoms with Crippen LogP contribution >= 0.6 is 12.2 Å². The summed E-state index contributed by atoms with van der Waals surface area (Å²) in [7, 11) is 0. The van der Waals surface area contributed by atoms with E-state index in [-0.39, 0.29) is 11.8 Å². The van der Waals surface area contributed by atoms with Gasteiger partial charge in [-0.2, -0.15) is 0 Å². The summed E-state index contributed by atoms with van der Waals surface area (Å²) in [6.45, 7) is 6.37. The lowest BCUT2D eigenvalue weighted by Crippen LogP contribution is -2.47. The molecule has 1 aliphatic heterocycles. The molecule has 1 atom stereocenters. The monoisotopic (exact) mass is 372 g/mol. The maximum Gasteiger partial charge on any atom is 0.173 e. The third-order valence-corrected chi connectivity index (χ3v) is 5.70. The first-order valence-electron chi connectivity index (χ1n) is 9.57. The molecule has 0 aromatic heterocycles. The van der Waals surface area contributed by atoms with Crippen molar-refractivity contribution in [2.45, 2.75) is 65.0 Å².